The van der Waals surface area contributed by atoms with Gasteiger partial charge in [-0.15, -0.1) is 12.4 Å². The van der Waals surface area contributed by atoms with Crippen molar-refractivity contribution in [1.82, 2.24) is 10.0 Å². The molecule has 2 atom stereocenters. The van der Waals surface area contributed by atoms with Crippen LogP contribution in [0.15, 0.2) is 23.1 Å². The lowest BCUT2D eigenvalue weighted by Crippen LogP contribution is -2.48. The second-order valence-electron chi connectivity index (χ2n) is 6.40. The summed E-state index contributed by atoms with van der Waals surface area (Å²) in [5.74, 6) is -0.472. The summed E-state index contributed by atoms with van der Waals surface area (Å²) in [5.41, 5.74) is 0.890. The van der Waals surface area contributed by atoms with E-state index in [1.165, 1.54) is 19.2 Å². The highest BCUT2D eigenvalue weighted by Crippen LogP contribution is 2.28. The molecule has 3 rings (SSSR count). The van der Waals surface area contributed by atoms with Crippen LogP contribution < -0.4 is 10.0 Å². The van der Waals surface area contributed by atoms with Crippen molar-refractivity contribution < 1.29 is 17.9 Å². The van der Waals surface area contributed by atoms with Crippen LogP contribution in [0.1, 0.15) is 41.6 Å². The van der Waals surface area contributed by atoms with Crippen molar-refractivity contribution in [3.8, 4) is 0 Å². The minimum absolute atomic E-state index is 0. The number of rotatable bonds is 4. The minimum atomic E-state index is -3.59. The minimum Gasteiger partial charge on any atom is -0.465 e. The second-order valence-corrected chi connectivity index (χ2v) is 8.08. The number of ether oxygens (including phenoxy) is 1. The lowest BCUT2D eigenvalue weighted by molar-refractivity contribution is 0.0600. The fraction of sp³-hybridized carbons (Fsp3) is 0.562. The summed E-state index contributed by atoms with van der Waals surface area (Å²) in [6.45, 7) is 1.69. The Morgan fingerprint density at radius 1 is 1.25 bits per heavy atom. The molecule has 24 heavy (non-hydrogen) atoms. The number of aryl methyl sites for hydroxylation is 1. The molecule has 0 spiro atoms. The first-order valence-electron chi connectivity index (χ1n) is 7.86. The molecule has 1 aromatic carbocycles. The van der Waals surface area contributed by atoms with Gasteiger partial charge >= 0.3 is 5.97 Å². The Labute approximate surface area is 148 Å². The van der Waals surface area contributed by atoms with Crippen LogP contribution in [0.5, 0.6) is 0 Å². The van der Waals surface area contributed by atoms with Crippen LogP contribution in [0.25, 0.3) is 0 Å². The van der Waals surface area contributed by atoms with E-state index in [9.17, 15) is 13.2 Å². The van der Waals surface area contributed by atoms with E-state index < -0.39 is 16.0 Å². The second kappa shape index (κ2) is 7.39. The molecule has 2 bridgehead atoms. The molecule has 134 valence electrons. The van der Waals surface area contributed by atoms with Gasteiger partial charge < -0.3 is 10.1 Å². The Kier molecular flexibility index (Phi) is 5.91. The third-order valence-corrected chi connectivity index (χ3v) is 6.36. The molecule has 2 fully saturated rings. The number of sulfonamides is 1. The standard InChI is InChI=1S/C16H22N2O4S.ClH/c1-10-7-11(16(19)22-2)3-6-15(10)23(20,21)18-14-8-12-4-5-13(9-14)17-12;/h3,6-7,12-14,17-18H,4-5,8-9H2,1-2H3;1H. The Morgan fingerprint density at radius 3 is 2.42 bits per heavy atom. The number of piperidine rings is 1. The van der Waals surface area contributed by atoms with Gasteiger partial charge in [-0.2, -0.15) is 0 Å². The highest BCUT2D eigenvalue weighted by molar-refractivity contribution is 7.89. The predicted octanol–water partition coefficient (Wildman–Crippen LogP) is 1.76. The number of methoxy groups -OCH3 is 1. The van der Waals surface area contributed by atoms with Crippen LogP contribution in [0, 0.1) is 6.92 Å². The molecule has 0 radical (unpaired) electrons. The normalized spacial score (nSPS) is 25.8. The van der Waals surface area contributed by atoms with Crippen molar-refractivity contribution in [2.45, 2.75) is 55.6 Å². The largest absolute Gasteiger partial charge is 0.465 e. The van der Waals surface area contributed by atoms with E-state index in [1.54, 1.807) is 13.0 Å². The van der Waals surface area contributed by atoms with Gasteiger partial charge in [0.15, 0.2) is 0 Å². The number of fused-ring (bicyclic) bond motifs is 2. The number of nitrogens with one attached hydrogen (secondary N) is 2. The average molecular weight is 375 g/mol. The molecule has 6 nitrogen and oxygen atoms in total. The van der Waals surface area contributed by atoms with Crippen LogP contribution in [0.4, 0.5) is 0 Å². The van der Waals surface area contributed by atoms with Gasteiger partial charge in [-0.05, 0) is 56.4 Å². The summed E-state index contributed by atoms with van der Waals surface area (Å²) < 4.78 is 32.8. The molecule has 8 heteroatoms. The molecule has 0 aromatic heterocycles. The quantitative estimate of drug-likeness (QED) is 0.784. The first-order valence-corrected chi connectivity index (χ1v) is 9.34. The zero-order chi connectivity index (χ0) is 16.6. The number of halogens is 1. The van der Waals surface area contributed by atoms with Crippen LogP contribution in [0.3, 0.4) is 0 Å². The van der Waals surface area contributed by atoms with Gasteiger partial charge in [0.2, 0.25) is 10.0 Å². The number of carbonyl (C=O) groups is 1. The van der Waals surface area contributed by atoms with Crippen LogP contribution in [0.2, 0.25) is 0 Å². The molecule has 2 aliphatic heterocycles. The Bertz CT molecular complexity index is 711. The summed E-state index contributed by atoms with van der Waals surface area (Å²) in [5, 5.41) is 3.50. The van der Waals surface area contributed by atoms with Gasteiger partial charge in [0, 0.05) is 18.1 Å². The highest BCUT2D eigenvalue weighted by Gasteiger charge is 2.35. The Morgan fingerprint density at radius 2 is 1.88 bits per heavy atom. The van der Waals surface area contributed by atoms with Crippen molar-refractivity contribution in [2.24, 2.45) is 0 Å². The number of benzene rings is 1. The summed E-state index contributed by atoms with van der Waals surface area (Å²) >= 11 is 0. The molecule has 1 aromatic rings. The summed E-state index contributed by atoms with van der Waals surface area (Å²) in [6, 6.07) is 5.32. The molecule has 0 aliphatic carbocycles. The molecule has 0 saturated carbocycles. The summed E-state index contributed by atoms with van der Waals surface area (Å²) in [6.07, 6.45) is 3.90. The van der Waals surface area contributed by atoms with E-state index in [0.29, 0.717) is 23.2 Å². The van der Waals surface area contributed by atoms with Crippen molar-refractivity contribution in [3.05, 3.63) is 29.3 Å². The molecule has 2 N–H and O–H groups in total. The Hall–Kier alpha value is -1.15. The predicted molar refractivity (Wildman–Crippen MR) is 93.1 cm³/mol. The lowest BCUT2D eigenvalue weighted by Gasteiger charge is -2.29. The fourth-order valence-electron chi connectivity index (χ4n) is 3.63. The maximum absolute atomic E-state index is 12.7. The van der Waals surface area contributed by atoms with Gasteiger partial charge in [-0.3, -0.25) is 0 Å². The first-order chi connectivity index (χ1) is 10.9. The maximum atomic E-state index is 12.7. The van der Waals surface area contributed by atoms with E-state index in [1.807, 2.05) is 0 Å². The highest BCUT2D eigenvalue weighted by atomic mass is 35.5. The zero-order valence-corrected chi connectivity index (χ0v) is 15.4. The van der Waals surface area contributed by atoms with Crippen LogP contribution >= 0.6 is 12.4 Å². The molecular formula is C16H23ClN2O4S. The van der Waals surface area contributed by atoms with Crippen molar-refractivity contribution >= 4 is 28.4 Å². The SMILES string of the molecule is COC(=O)c1ccc(S(=O)(=O)NC2CC3CCC(C2)N3)c(C)c1.Cl. The first kappa shape index (κ1) is 19.2. The topological polar surface area (TPSA) is 84.5 Å². The van der Waals surface area contributed by atoms with Gasteiger partial charge in [0.05, 0.1) is 17.6 Å². The van der Waals surface area contributed by atoms with Gasteiger partial charge in [0.1, 0.15) is 0 Å². The van der Waals surface area contributed by atoms with Crippen molar-refractivity contribution in [1.29, 1.82) is 0 Å². The van der Waals surface area contributed by atoms with E-state index in [0.717, 1.165) is 25.7 Å². The third kappa shape index (κ3) is 3.91. The molecule has 2 unspecified atom stereocenters. The molecule has 2 aliphatic rings. The van der Waals surface area contributed by atoms with E-state index in [2.05, 4.69) is 14.8 Å². The van der Waals surface area contributed by atoms with E-state index >= 15 is 0 Å². The van der Waals surface area contributed by atoms with Crippen LogP contribution in [-0.2, 0) is 14.8 Å². The summed E-state index contributed by atoms with van der Waals surface area (Å²) in [4.78, 5) is 11.7. The summed E-state index contributed by atoms with van der Waals surface area (Å²) in [7, 11) is -2.29. The third-order valence-electron chi connectivity index (χ3n) is 4.68. The Balaban J connectivity index is 0.00000208. The average Bonchev–Trinajstić information content (AvgIpc) is 2.84. The fourth-order valence-corrected chi connectivity index (χ4v) is 5.12. The molecule has 2 saturated heterocycles. The van der Waals surface area contributed by atoms with E-state index in [-0.39, 0.29) is 23.3 Å². The van der Waals surface area contributed by atoms with Crippen molar-refractivity contribution in [2.75, 3.05) is 7.11 Å². The van der Waals surface area contributed by atoms with Crippen molar-refractivity contribution in [3.63, 3.8) is 0 Å². The van der Waals surface area contributed by atoms with Crippen LogP contribution in [-0.4, -0.2) is 39.6 Å². The molecule has 2 heterocycles. The number of esters is 1. The monoisotopic (exact) mass is 374 g/mol. The molecule has 0 amide bonds. The van der Waals surface area contributed by atoms with Gasteiger partial charge in [0.25, 0.3) is 0 Å². The number of carbonyl (C=O) groups excluding carboxylic acids is 1. The number of hydrogen-bond acceptors (Lipinski definition) is 5. The van der Waals surface area contributed by atoms with Gasteiger partial charge in [-0.1, -0.05) is 0 Å². The number of hydrogen-bond donors (Lipinski definition) is 2. The van der Waals surface area contributed by atoms with E-state index in [4.69, 9.17) is 0 Å². The lowest BCUT2D eigenvalue weighted by atomic mass is 10.0. The smallest absolute Gasteiger partial charge is 0.337 e. The molecular weight excluding hydrogens is 352 g/mol. The zero-order valence-electron chi connectivity index (χ0n) is 13.7. The maximum Gasteiger partial charge on any atom is 0.337 e. The van der Waals surface area contributed by atoms with Gasteiger partial charge in [-0.25, -0.2) is 17.9 Å².